The number of ether oxygens (including phenoxy) is 2. The molecule has 1 aliphatic heterocycles. The van der Waals surface area contributed by atoms with Crippen LogP contribution in [0.15, 0.2) is 30.3 Å². The van der Waals surface area contributed by atoms with Gasteiger partial charge in [-0.1, -0.05) is 30.3 Å². The molecule has 0 radical (unpaired) electrons. The summed E-state index contributed by atoms with van der Waals surface area (Å²) < 4.78 is 11.2. The standard InChI is InChI=1S/C14H20O3/c15-10-14-7-6-13(17-14)8-9-16-11-12-4-2-1-3-5-12/h1-5,13-15H,6-11H2/t13-,14-/m1/s1. The Kier molecular flexibility index (Phi) is 4.98. The number of aliphatic hydroxyl groups excluding tert-OH is 1. The molecule has 1 aromatic rings. The molecule has 0 amide bonds. The van der Waals surface area contributed by atoms with Crippen molar-refractivity contribution in [2.45, 2.75) is 38.1 Å². The molecule has 0 saturated carbocycles. The van der Waals surface area contributed by atoms with Gasteiger partial charge < -0.3 is 14.6 Å². The van der Waals surface area contributed by atoms with E-state index in [4.69, 9.17) is 14.6 Å². The topological polar surface area (TPSA) is 38.7 Å². The number of hydrogen-bond acceptors (Lipinski definition) is 3. The second kappa shape index (κ2) is 6.74. The SMILES string of the molecule is OC[C@H]1CC[C@H](CCOCc2ccccc2)O1. The van der Waals surface area contributed by atoms with Crippen LogP contribution in [0.2, 0.25) is 0 Å². The molecule has 2 rings (SSSR count). The minimum atomic E-state index is 0.0501. The molecule has 0 bridgehead atoms. The predicted molar refractivity (Wildman–Crippen MR) is 65.7 cm³/mol. The Bertz CT molecular complexity index is 313. The van der Waals surface area contributed by atoms with Gasteiger partial charge in [-0.15, -0.1) is 0 Å². The van der Waals surface area contributed by atoms with Crippen molar-refractivity contribution >= 4 is 0 Å². The number of aliphatic hydroxyl groups is 1. The second-order valence-electron chi connectivity index (χ2n) is 4.47. The molecule has 2 atom stereocenters. The van der Waals surface area contributed by atoms with Gasteiger partial charge >= 0.3 is 0 Å². The van der Waals surface area contributed by atoms with Gasteiger partial charge in [0.25, 0.3) is 0 Å². The lowest BCUT2D eigenvalue weighted by atomic mass is 10.1. The average molecular weight is 236 g/mol. The van der Waals surface area contributed by atoms with Crippen molar-refractivity contribution in [2.24, 2.45) is 0 Å². The highest BCUT2D eigenvalue weighted by Gasteiger charge is 2.23. The Morgan fingerprint density at radius 3 is 2.65 bits per heavy atom. The molecule has 0 aromatic heterocycles. The molecule has 3 heteroatoms. The Hall–Kier alpha value is -0.900. The van der Waals surface area contributed by atoms with E-state index < -0.39 is 0 Å². The first-order valence-electron chi connectivity index (χ1n) is 6.26. The van der Waals surface area contributed by atoms with E-state index in [2.05, 4.69) is 12.1 Å². The van der Waals surface area contributed by atoms with E-state index in [1.54, 1.807) is 0 Å². The highest BCUT2D eigenvalue weighted by atomic mass is 16.5. The fourth-order valence-electron chi connectivity index (χ4n) is 2.11. The molecule has 0 spiro atoms. The monoisotopic (exact) mass is 236 g/mol. The van der Waals surface area contributed by atoms with Crippen molar-refractivity contribution in [2.75, 3.05) is 13.2 Å². The molecule has 0 unspecified atom stereocenters. The predicted octanol–water partition coefficient (Wildman–Crippen LogP) is 2.13. The van der Waals surface area contributed by atoms with Gasteiger partial charge in [0.2, 0.25) is 0 Å². The third kappa shape index (κ3) is 4.11. The molecule has 1 aliphatic rings. The van der Waals surface area contributed by atoms with Crippen molar-refractivity contribution in [1.29, 1.82) is 0 Å². The lowest BCUT2D eigenvalue weighted by Gasteiger charge is -2.12. The average Bonchev–Trinajstić information content (AvgIpc) is 2.84. The first-order chi connectivity index (χ1) is 8.38. The molecule has 1 N–H and O–H groups in total. The number of hydrogen-bond donors (Lipinski definition) is 1. The summed E-state index contributed by atoms with van der Waals surface area (Å²) in [6, 6.07) is 10.2. The maximum atomic E-state index is 8.95. The minimum absolute atomic E-state index is 0.0501. The van der Waals surface area contributed by atoms with Crippen molar-refractivity contribution in [3.8, 4) is 0 Å². The van der Waals surface area contributed by atoms with Crippen LogP contribution in [0.3, 0.4) is 0 Å². The van der Waals surface area contributed by atoms with Gasteiger partial charge in [0.15, 0.2) is 0 Å². The molecule has 94 valence electrons. The summed E-state index contributed by atoms with van der Waals surface area (Å²) in [5, 5.41) is 8.95. The van der Waals surface area contributed by atoms with Crippen molar-refractivity contribution in [3.63, 3.8) is 0 Å². The molecule has 1 aromatic carbocycles. The number of rotatable bonds is 6. The normalized spacial score (nSPS) is 24.1. The van der Waals surface area contributed by atoms with Gasteiger partial charge in [0, 0.05) is 6.61 Å². The lowest BCUT2D eigenvalue weighted by Crippen LogP contribution is -2.15. The largest absolute Gasteiger partial charge is 0.394 e. The number of benzene rings is 1. The summed E-state index contributed by atoms with van der Waals surface area (Å²) >= 11 is 0. The first-order valence-corrected chi connectivity index (χ1v) is 6.26. The fourth-order valence-corrected chi connectivity index (χ4v) is 2.11. The fraction of sp³-hybridized carbons (Fsp3) is 0.571. The van der Waals surface area contributed by atoms with Gasteiger partial charge in [0.1, 0.15) is 0 Å². The Morgan fingerprint density at radius 1 is 1.18 bits per heavy atom. The van der Waals surface area contributed by atoms with E-state index in [9.17, 15) is 0 Å². The van der Waals surface area contributed by atoms with Crippen LogP contribution >= 0.6 is 0 Å². The maximum absolute atomic E-state index is 8.95. The van der Waals surface area contributed by atoms with Gasteiger partial charge in [-0.05, 0) is 24.8 Å². The molecular formula is C14H20O3. The van der Waals surface area contributed by atoms with Crippen LogP contribution in [0.4, 0.5) is 0 Å². The zero-order valence-electron chi connectivity index (χ0n) is 10.0. The third-order valence-corrected chi connectivity index (χ3v) is 3.09. The maximum Gasteiger partial charge on any atom is 0.0810 e. The Balaban J connectivity index is 1.58. The van der Waals surface area contributed by atoms with Crippen LogP contribution in [-0.4, -0.2) is 30.5 Å². The van der Waals surface area contributed by atoms with E-state index in [1.165, 1.54) is 5.56 Å². The smallest absolute Gasteiger partial charge is 0.0810 e. The first kappa shape index (κ1) is 12.6. The molecule has 1 saturated heterocycles. The minimum Gasteiger partial charge on any atom is -0.394 e. The van der Waals surface area contributed by atoms with E-state index in [0.29, 0.717) is 6.61 Å². The summed E-state index contributed by atoms with van der Waals surface area (Å²) in [6.45, 7) is 1.52. The third-order valence-electron chi connectivity index (χ3n) is 3.09. The Morgan fingerprint density at radius 2 is 1.94 bits per heavy atom. The van der Waals surface area contributed by atoms with Gasteiger partial charge in [0.05, 0.1) is 25.4 Å². The van der Waals surface area contributed by atoms with E-state index in [1.807, 2.05) is 18.2 Å². The summed E-state index contributed by atoms with van der Waals surface area (Å²) in [5.74, 6) is 0. The van der Waals surface area contributed by atoms with Crippen LogP contribution in [0.1, 0.15) is 24.8 Å². The Labute approximate surface area is 102 Å². The summed E-state index contributed by atoms with van der Waals surface area (Å²) in [7, 11) is 0. The molecule has 1 heterocycles. The molecule has 17 heavy (non-hydrogen) atoms. The van der Waals surface area contributed by atoms with Crippen LogP contribution in [-0.2, 0) is 16.1 Å². The molecular weight excluding hydrogens is 216 g/mol. The van der Waals surface area contributed by atoms with Gasteiger partial charge in [-0.2, -0.15) is 0 Å². The molecule has 1 fully saturated rings. The van der Waals surface area contributed by atoms with Gasteiger partial charge in [-0.3, -0.25) is 0 Å². The van der Waals surface area contributed by atoms with Crippen LogP contribution in [0.5, 0.6) is 0 Å². The zero-order chi connectivity index (χ0) is 11.9. The molecule has 0 aliphatic carbocycles. The van der Waals surface area contributed by atoms with Gasteiger partial charge in [-0.25, -0.2) is 0 Å². The van der Waals surface area contributed by atoms with Crippen LogP contribution in [0.25, 0.3) is 0 Å². The van der Waals surface area contributed by atoms with Crippen LogP contribution < -0.4 is 0 Å². The highest BCUT2D eigenvalue weighted by molar-refractivity contribution is 5.13. The quantitative estimate of drug-likeness (QED) is 0.769. The van der Waals surface area contributed by atoms with E-state index in [0.717, 1.165) is 25.9 Å². The zero-order valence-corrected chi connectivity index (χ0v) is 10.0. The van der Waals surface area contributed by atoms with Crippen molar-refractivity contribution in [3.05, 3.63) is 35.9 Å². The van der Waals surface area contributed by atoms with E-state index in [-0.39, 0.29) is 18.8 Å². The summed E-state index contributed by atoms with van der Waals surface area (Å²) in [6.07, 6.45) is 3.25. The highest BCUT2D eigenvalue weighted by Crippen LogP contribution is 2.21. The lowest BCUT2D eigenvalue weighted by molar-refractivity contribution is -0.00645. The van der Waals surface area contributed by atoms with E-state index >= 15 is 0 Å². The van der Waals surface area contributed by atoms with Crippen molar-refractivity contribution < 1.29 is 14.6 Å². The van der Waals surface area contributed by atoms with Crippen LogP contribution in [0, 0.1) is 0 Å². The molecule has 3 nitrogen and oxygen atoms in total. The van der Waals surface area contributed by atoms with Crippen molar-refractivity contribution in [1.82, 2.24) is 0 Å². The second-order valence-corrected chi connectivity index (χ2v) is 4.47. The summed E-state index contributed by atoms with van der Waals surface area (Å²) in [5.41, 5.74) is 1.20. The summed E-state index contributed by atoms with van der Waals surface area (Å²) in [4.78, 5) is 0.